The van der Waals surface area contributed by atoms with E-state index in [1.807, 2.05) is 25.9 Å². The Hall–Kier alpha value is -2.41. The third kappa shape index (κ3) is 6.05. The normalized spacial score (nSPS) is 11.9. The summed E-state index contributed by atoms with van der Waals surface area (Å²) in [6.45, 7) is 8.15. The van der Waals surface area contributed by atoms with Crippen molar-refractivity contribution in [2.24, 2.45) is 0 Å². The van der Waals surface area contributed by atoms with Crippen molar-refractivity contribution in [3.63, 3.8) is 0 Å². The van der Waals surface area contributed by atoms with Crippen molar-refractivity contribution in [2.75, 3.05) is 33.7 Å². The minimum Gasteiger partial charge on any atom is -0.459 e. The van der Waals surface area contributed by atoms with E-state index in [1.165, 1.54) is 17.0 Å². The average Bonchev–Trinajstić information content (AvgIpc) is 2.85. The first-order chi connectivity index (χ1) is 13.0. The lowest BCUT2D eigenvalue weighted by Crippen LogP contribution is -2.42. The number of ether oxygens (including phenoxy) is 1. The Morgan fingerprint density at radius 3 is 2.46 bits per heavy atom. The Morgan fingerprint density at radius 1 is 1.18 bits per heavy atom. The molecule has 2 rings (SSSR count). The molecule has 1 aromatic carbocycles. The fourth-order valence-electron chi connectivity index (χ4n) is 2.99. The second-order valence-corrected chi connectivity index (χ2v) is 8.30. The molecule has 0 radical (unpaired) electrons. The van der Waals surface area contributed by atoms with Crippen molar-refractivity contribution in [1.29, 1.82) is 0 Å². The zero-order chi connectivity index (χ0) is 21.1. The molecule has 0 aliphatic carbocycles. The maximum Gasteiger partial charge on any atom is 0.326 e. The molecule has 0 saturated carbocycles. The molecule has 0 unspecified atom stereocenters. The fourth-order valence-corrected chi connectivity index (χ4v) is 2.99. The molecule has 1 N–H and O–H groups in total. The molecule has 0 spiro atoms. The molecule has 0 fully saturated rings. The van der Waals surface area contributed by atoms with E-state index in [0.717, 1.165) is 16.8 Å². The smallest absolute Gasteiger partial charge is 0.326 e. The molecule has 0 saturated heterocycles. The van der Waals surface area contributed by atoms with Crippen molar-refractivity contribution in [1.82, 2.24) is 14.8 Å². The van der Waals surface area contributed by atoms with Crippen LogP contribution >= 0.6 is 0 Å². The largest absolute Gasteiger partial charge is 0.459 e. The second kappa shape index (κ2) is 8.73. The number of benzene rings is 1. The van der Waals surface area contributed by atoms with Crippen LogP contribution in [0.1, 0.15) is 32.0 Å². The van der Waals surface area contributed by atoms with Gasteiger partial charge in [-0.25, -0.2) is 4.39 Å². The van der Waals surface area contributed by atoms with Gasteiger partial charge in [0.15, 0.2) is 0 Å². The van der Waals surface area contributed by atoms with Crippen LogP contribution < -0.4 is 0 Å². The van der Waals surface area contributed by atoms with Crippen molar-refractivity contribution >= 4 is 22.8 Å². The minimum atomic E-state index is -0.613. The van der Waals surface area contributed by atoms with E-state index in [-0.39, 0.29) is 24.7 Å². The lowest BCUT2D eigenvalue weighted by Gasteiger charge is -2.26. The Kier molecular flexibility index (Phi) is 6.82. The topological polar surface area (TPSA) is 65.6 Å². The Balaban J connectivity index is 2.21. The average molecular weight is 391 g/mol. The number of carbonyl (C=O) groups excluding carboxylic acids is 2. The number of fused-ring (bicyclic) bond motifs is 1. The van der Waals surface area contributed by atoms with Crippen LogP contribution in [0.15, 0.2) is 18.2 Å². The predicted molar refractivity (Wildman–Crippen MR) is 108 cm³/mol. The van der Waals surface area contributed by atoms with Gasteiger partial charge in [-0.05, 0) is 65.6 Å². The molecule has 1 heterocycles. The molecule has 6 nitrogen and oxygen atoms in total. The molecule has 154 valence electrons. The van der Waals surface area contributed by atoms with Crippen LogP contribution in [0.25, 0.3) is 10.9 Å². The number of likely N-dealkylation sites (N-methyl/N-ethyl adjacent to an activating group) is 1. The van der Waals surface area contributed by atoms with Gasteiger partial charge in [0.05, 0.1) is 6.42 Å². The summed E-state index contributed by atoms with van der Waals surface area (Å²) in [7, 11) is 3.81. The molecule has 28 heavy (non-hydrogen) atoms. The van der Waals surface area contributed by atoms with Gasteiger partial charge < -0.3 is 19.5 Å². The molecule has 1 aromatic heterocycles. The van der Waals surface area contributed by atoms with Gasteiger partial charge in [-0.3, -0.25) is 9.59 Å². The summed E-state index contributed by atoms with van der Waals surface area (Å²) in [5.74, 6) is -0.985. The van der Waals surface area contributed by atoms with E-state index < -0.39 is 11.6 Å². The summed E-state index contributed by atoms with van der Waals surface area (Å²) >= 11 is 0. The number of H-pyrrole nitrogens is 1. The van der Waals surface area contributed by atoms with Gasteiger partial charge in [-0.15, -0.1) is 0 Å². The fraction of sp³-hybridized carbons (Fsp3) is 0.524. The van der Waals surface area contributed by atoms with E-state index >= 15 is 0 Å². The molecule has 7 heteroatoms. The number of hydrogen-bond acceptors (Lipinski definition) is 4. The van der Waals surface area contributed by atoms with Crippen molar-refractivity contribution in [3.8, 4) is 0 Å². The Labute approximate surface area is 165 Å². The number of amides is 1. The van der Waals surface area contributed by atoms with Crippen molar-refractivity contribution in [2.45, 2.75) is 39.7 Å². The summed E-state index contributed by atoms with van der Waals surface area (Å²) in [6.07, 6.45) is 0.0888. The molecule has 0 atom stereocenters. The quantitative estimate of drug-likeness (QED) is 0.737. The number of halogens is 1. The van der Waals surface area contributed by atoms with Crippen LogP contribution in [0.4, 0.5) is 4.39 Å². The minimum absolute atomic E-state index is 0.0888. The number of carbonyl (C=O) groups is 2. The standard InChI is InChI=1S/C21H30FN3O3/c1-14-16(17-11-15(22)7-8-18(17)23-14)12-19(26)25(10-9-24(5)6)13-20(27)28-21(2,3)4/h7-8,11,23H,9-10,12-13H2,1-6H3. The summed E-state index contributed by atoms with van der Waals surface area (Å²) in [5, 5.41) is 0.690. The molecular weight excluding hydrogens is 361 g/mol. The number of aryl methyl sites for hydroxylation is 1. The van der Waals surface area contributed by atoms with Gasteiger partial charge in [0.2, 0.25) is 5.91 Å². The van der Waals surface area contributed by atoms with Gasteiger partial charge in [-0.2, -0.15) is 0 Å². The van der Waals surface area contributed by atoms with Gasteiger partial charge in [0.25, 0.3) is 0 Å². The van der Waals surface area contributed by atoms with E-state index in [1.54, 1.807) is 26.8 Å². The predicted octanol–water partition coefficient (Wildman–Crippen LogP) is 2.89. The summed E-state index contributed by atoms with van der Waals surface area (Å²) in [4.78, 5) is 31.9. The van der Waals surface area contributed by atoms with Crippen LogP contribution in [-0.2, 0) is 20.7 Å². The van der Waals surface area contributed by atoms with Crippen LogP contribution in [-0.4, -0.2) is 66.0 Å². The molecule has 0 bridgehead atoms. The van der Waals surface area contributed by atoms with Crippen LogP contribution in [0, 0.1) is 12.7 Å². The number of nitrogens with zero attached hydrogens (tertiary/aromatic N) is 2. The van der Waals surface area contributed by atoms with Crippen LogP contribution in [0.5, 0.6) is 0 Å². The number of esters is 1. The van der Waals surface area contributed by atoms with Gasteiger partial charge in [-0.1, -0.05) is 0 Å². The number of aromatic nitrogens is 1. The first-order valence-corrected chi connectivity index (χ1v) is 9.37. The van der Waals surface area contributed by atoms with E-state index in [9.17, 15) is 14.0 Å². The van der Waals surface area contributed by atoms with E-state index in [0.29, 0.717) is 18.5 Å². The zero-order valence-corrected chi connectivity index (χ0v) is 17.6. The molecule has 0 aliphatic heterocycles. The molecule has 0 aliphatic rings. The molecule has 2 aromatic rings. The first-order valence-electron chi connectivity index (χ1n) is 9.37. The highest BCUT2D eigenvalue weighted by Crippen LogP contribution is 2.24. The van der Waals surface area contributed by atoms with E-state index in [4.69, 9.17) is 4.74 Å². The summed E-state index contributed by atoms with van der Waals surface area (Å²) < 4.78 is 19.1. The van der Waals surface area contributed by atoms with Gasteiger partial charge in [0, 0.05) is 29.7 Å². The summed E-state index contributed by atoms with van der Waals surface area (Å²) in [5.41, 5.74) is 1.74. The van der Waals surface area contributed by atoms with Crippen LogP contribution in [0.3, 0.4) is 0 Å². The highest BCUT2D eigenvalue weighted by Gasteiger charge is 2.23. The highest BCUT2D eigenvalue weighted by atomic mass is 19.1. The van der Waals surface area contributed by atoms with Crippen molar-refractivity contribution < 1.29 is 18.7 Å². The highest BCUT2D eigenvalue weighted by molar-refractivity contribution is 5.91. The lowest BCUT2D eigenvalue weighted by molar-refractivity contribution is -0.158. The number of aromatic amines is 1. The maximum atomic E-state index is 13.7. The van der Waals surface area contributed by atoms with Gasteiger partial charge >= 0.3 is 5.97 Å². The van der Waals surface area contributed by atoms with Crippen LogP contribution in [0.2, 0.25) is 0 Å². The number of hydrogen-bond donors (Lipinski definition) is 1. The maximum absolute atomic E-state index is 13.7. The second-order valence-electron chi connectivity index (χ2n) is 8.30. The Bertz CT molecular complexity index is 852. The van der Waals surface area contributed by atoms with Crippen molar-refractivity contribution in [3.05, 3.63) is 35.3 Å². The third-order valence-corrected chi connectivity index (χ3v) is 4.32. The lowest BCUT2D eigenvalue weighted by atomic mass is 10.1. The number of rotatable bonds is 7. The molecule has 1 amide bonds. The summed E-state index contributed by atoms with van der Waals surface area (Å²) in [6, 6.07) is 4.48. The molecular formula is C21H30FN3O3. The SMILES string of the molecule is Cc1[nH]c2ccc(F)cc2c1CC(=O)N(CCN(C)C)CC(=O)OC(C)(C)C. The Morgan fingerprint density at radius 2 is 1.86 bits per heavy atom. The zero-order valence-electron chi connectivity index (χ0n) is 17.6. The van der Waals surface area contributed by atoms with Gasteiger partial charge in [0.1, 0.15) is 18.0 Å². The monoisotopic (exact) mass is 391 g/mol. The number of nitrogens with one attached hydrogen (secondary N) is 1. The third-order valence-electron chi connectivity index (χ3n) is 4.32. The van der Waals surface area contributed by atoms with E-state index in [2.05, 4.69) is 4.98 Å². The first kappa shape index (κ1) is 21.9.